The molecule has 1 aliphatic carbocycles. The molecule has 0 bridgehead atoms. The smallest absolute Gasteiger partial charge is 0.315 e. The maximum Gasteiger partial charge on any atom is 0.315 e. The Labute approximate surface area is 101 Å². The fraction of sp³-hybridized carbons (Fsp3) is 0.462. The van der Waals surface area contributed by atoms with Gasteiger partial charge in [-0.1, -0.05) is 6.07 Å². The van der Waals surface area contributed by atoms with E-state index in [0.29, 0.717) is 13.0 Å². The topological polar surface area (TPSA) is 61.5 Å². The third-order valence-electron chi connectivity index (χ3n) is 3.11. The van der Waals surface area contributed by atoms with Gasteiger partial charge in [-0.3, -0.25) is 4.79 Å². The van der Waals surface area contributed by atoms with Gasteiger partial charge in [0.2, 0.25) is 0 Å². The van der Waals surface area contributed by atoms with Gasteiger partial charge in [-0.2, -0.15) is 0 Å². The molecule has 0 saturated heterocycles. The lowest BCUT2D eigenvalue weighted by Gasteiger charge is -2.14. The zero-order valence-electron chi connectivity index (χ0n) is 10.1. The van der Waals surface area contributed by atoms with Gasteiger partial charge in [-0.05, 0) is 36.6 Å². The molecule has 2 atom stereocenters. The number of nitrogens with two attached hydrogens (primary N) is 1. The van der Waals surface area contributed by atoms with Crippen LogP contribution in [-0.4, -0.2) is 25.7 Å². The number of benzene rings is 1. The fourth-order valence-corrected chi connectivity index (χ4v) is 2.33. The molecule has 4 heteroatoms. The summed E-state index contributed by atoms with van der Waals surface area (Å²) in [6.45, 7) is 2.18. The molecule has 0 aliphatic heterocycles. The van der Waals surface area contributed by atoms with Crippen LogP contribution in [0.4, 0.5) is 0 Å². The number of rotatable bonds is 3. The largest absolute Gasteiger partial charge is 0.497 e. The molecule has 0 radical (unpaired) electrons. The van der Waals surface area contributed by atoms with E-state index >= 15 is 0 Å². The number of hydrogen-bond acceptors (Lipinski definition) is 4. The van der Waals surface area contributed by atoms with Crippen LogP contribution in [0.5, 0.6) is 5.75 Å². The zero-order valence-corrected chi connectivity index (χ0v) is 10.1. The monoisotopic (exact) mass is 235 g/mol. The molecule has 1 aromatic carbocycles. The minimum Gasteiger partial charge on any atom is -0.497 e. The van der Waals surface area contributed by atoms with Crippen molar-refractivity contribution in [1.29, 1.82) is 0 Å². The number of carbonyl (C=O) groups is 1. The predicted octanol–water partition coefficient (Wildman–Crippen LogP) is 1.23. The summed E-state index contributed by atoms with van der Waals surface area (Å²) in [6.07, 6.45) is 0.690. The second kappa shape index (κ2) is 4.75. The summed E-state index contributed by atoms with van der Waals surface area (Å²) in [6, 6.07) is 5.50. The average Bonchev–Trinajstić information content (AvgIpc) is 2.64. The summed E-state index contributed by atoms with van der Waals surface area (Å²) in [7, 11) is 1.62. The summed E-state index contributed by atoms with van der Waals surface area (Å²) >= 11 is 0. The summed E-state index contributed by atoms with van der Waals surface area (Å²) in [4.78, 5) is 11.8. The normalized spacial score (nSPS) is 22.1. The molecule has 0 fully saturated rings. The van der Waals surface area contributed by atoms with Gasteiger partial charge in [0.05, 0.1) is 19.6 Å². The van der Waals surface area contributed by atoms with E-state index in [4.69, 9.17) is 15.2 Å². The first-order chi connectivity index (χ1) is 8.17. The van der Waals surface area contributed by atoms with E-state index in [1.54, 1.807) is 14.0 Å². The van der Waals surface area contributed by atoms with Gasteiger partial charge in [0.25, 0.3) is 0 Å². The van der Waals surface area contributed by atoms with Crippen LogP contribution in [0.25, 0.3) is 0 Å². The highest BCUT2D eigenvalue weighted by Crippen LogP contribution is 2.35. The van der Waals surface area contributed by atoms with Crippen LogP contribution < -0.4 is 10.5 Å². The maximum atomic E-state index is 11.8. The highest BCUT2D eigenvalue weighted by atomic mass is 16.5. The molecule has 2 unspecified atom stereocenters. The standard InChI is InChI=1S/C13H17NO3/c1-3-17-13(15)12-10-5-4-9(16-2)6-8(10)7-11(12)14/h4-6,11-12H,3,7,14H2,1-2H3. The summed E-state index contributed by atoms with van der Waals surface area (Å²) in [5, 5.41) is 0. The maximum absolute atomic E-state index is 11.8. The quantitative estimate of drug-likeness (QED) is 0.800. The minimum atomic E-state index is -0.337. The lowest BCUT2D eigenvalue weighted by molar-refractivity contribution is -0.145. The molecule has 4 nitrogen and oxygen atoms in total. The van der Waals surface area contributed by atoms with Gasteiger partial charge in [0, 0.05) is 6.04 Å². The average molecular weight is 235 g/mol. The van der Waals surface area contributed by atoms with Crippen LogP contribution in [0.2, 0.25) is 0 Å². The lowest BCUT2D eigenvalue weighted by Crippen LogP contribution is -2.31. The van der Waals surface area contributed by atoms with Crippen molar-refractivity contribution >= 4 is 5.97 Å². The predicted molar refractivity (Wildman–Crippen MR) is 64.0 cm³/mol. The molecule has 0 saturated carbocycles. The van der Waals surface area contributed by atoms with E-state index in [1.807, 2.05) is 18.2 Å². The molecule has 1 aliphatic rings. The number of fused-ring (bicyclic) bond motifs is 1. The van der Waals surface area contributed by atoms with E-state index in [-0.39, 0.29) is 17.9 Å². The van der Waals surface area contributed by atoms with Crippen LogP contribution >= 0.6 is 0 Å². The molecule has 0 heterocycles. The van der Waals surface area contributed by atoms with E-state index in [9.17, 15) is 4.79 Å². The van der Waals surface area contributed by atoms with Crippen LogP contribution in [0.15, 0.2) is 18.2 Å². The van der Waals surface area contributed by atoms with Gasteiger partial charge in [0.1, 0.15) is 5.75 Å². The fourth-order valence-electron chi connectivity index (χ4n) is 2.33. The first-order valence-corrected chi connectivity index (χ1v) is 5.76. The highest BCUT2D eigenvalue weighted by Gasteiger charge is 2.36. The third kappa shape index (κ3) is 2.13. The summed E-state index contributed by atoms with van der Waals surface area (Å²) in [5.41, 5.74) is 8.06. The van der Waals surface area contributed by atoms with Gasteiger partial charge >= 0.3 is 5.97 Å². The van der Waals surface area contributed by atoms with Crippen molar-refractivity contribution in [3.63, 3.8) is 0 Å². The number of carbonyl (C=O) groups excluding carboxylic acids is 1. The van der Waals surface area contributed by atoms with Crippen molar-refractivity contribution < 1.29 is 14.3 Å². The molecule has 0 amide bonds. The van der Waals surface area contributed by atoms with Gasteiger partial charge in [-0.25, -0.2) is 0 Å². The molecule has 0 aromatic heterocycles. The Bertz CT molecular complexity index is 431. The van der Waals surface area contributed by atoms with Gasteiger partial charge in [0.15, 0.2) is 0 Å². The highest BCUT2D eigenvalue weighted by molar-refractivity contribution is 5.81. The Morgan fingerprint density at radius 1 is 1.53 bits per heavy atom. The van der Waals surface area contributed by atoms with Crippen molar-refractivity contribution in [2.24, 2.45) is 5.73 Å². The zero-order chi connectivity index (χ0) is 12.4. The number of hydrogen-bond donors (Lipinski definition) is 1. The van der Waals surface area contributed by atoms with Gasteiger partial charge in [-0.15, -0.1) is 0 Å². The third-order valence-corrected chi connectivity index (χ3v) is 3.11. The SMILES string of the molecule is CCOC(=O)C1c2ccc(OC)cc2CC1N. The molecular weight excluding hydrogens is 218 g/mol. The number of esters is 1. The van der Waals surface area contributed by atoms with E-state index in [0.717, 1.165) is 16.9 Å². The van der Waals surface area contributed by atoms with E-state index in [2.05, 4.69) is 0 Å². The van der Waals surface area contributed by atoms with Crippen molar-refractivity contribution in [2.45, 2.75) is 25.3 Å². The number of ether oxygens (including phenoxy) is 2. The van der Waals surface area contributed by atoms with Crippen LogP contribution in [-0.2, 0) is 16.0 Å². The number of methoxy groups -OCH3 is 1. The molecule has 0 spiro atoms. The molecule has 2 N–H and O–H groups in total. The van der Waals surface area contributed by atoms with Gasteiger partial charge < -0.3 is 15.2 Å². The Kier molecular flexibility index (Phi) is 3.33. The first-order valence-electron chi connectivity index (χ1n) is 5.76. The Balaban J connectivity index is 2.31. The minimum absolute atomic E-state index is 0.198. The second-order valence-corrected chi connectivity index (χ2v) is 4.16. The lowest BCUT2D eigenvalue weighted by atomic mass is 9.99. The Morgan fingerprint density at radius 3 is 2.94 bits per heavy atom. The molecular formula is C13H17NO3. The van der Waals surface area contributed by atoms with Crippen molar-refractivity contribution in [1.82, 2.24) is 0 Å². The summed E-state index contributed by atoms with van der Waals surface area (Å²) < 4.78 is 10.2. The Hall–Kier alpha value is -1.55. The van der Waals surface area contributed by atoms with Crippen molar-refractivity contribution in [2.75, 3.05) is 13.7 Å². The molecule has 2 rings (SSSR count). The van der Waals surface area contributed by atoms with Crippen molar-refractivity contribution in [3.8, 4) is 5.75 Å². The Morgan fingerprint density at radius 2 is 2.29 bits per heavy atom. The van der Waals surface area contributed by atoms with Crippen molar-refractivity contribution in [3.05, 3.63) is 29.3 Å². The van der Waals surface area contributed by atoms with E-state index < -0.39 is 0 Å². The van der Waals surface area contributed by atoms with Crippen LogP contribution in [0.1, 0.15) is 24.0 Å². The summed E-state index contributed by atoms with van der Waals surface area (Å²) in [5.74, 6) is 0.222. The second-order valence-electron chi connectivity index (χ2n) is 4.16. The van der Waals surface area contributed by atoms with E-state index in [1.165, 1.54) is 0 Å². The van der Waals surface area contributed by atoms with Crippen LogP contribution in [0.3, 0.4) is 0 Å². The first kappa shape index (κ1) is 11.9. The molecule has 1 aromatic rings. The molecule has 17 heavy (non-hydrogen) atoms. The van der Waals surface area contributed by atoms with Crippen LogP contribution in [0, 0.1) is 0 Å². The molecule has 92 valence electrons.